The predicted octanol–water partition coefficient (Wildman–Crippen LogP) is 0.895. The number of pyridine rings is 1. The highest BCUT2D eigenvalue weighted by molar-refractivity contribution is 5.92. The highest BCUT2D eigenvalue weighted by atomic mass is 16.5. The Bertz CT molecular complexity index is 808. The minimum absolute atomic E-state index is 0.0658. The largest absolute Gasteiger partial charge is 0.478 e. The molecule has 4 rings (SSSR count). The molecule has 0 aliphatic carbocycles. The smallest absolute Gasteiger partial charge is 0.274 e. The van der Waals surface area contributed by atoms with Crippen molar-refractivity contribution in [1.29, 1.82) is 5.26 Å². The van der Waals surface area contributed by atoms with E-state index in [-0.39, 0.29) is 5.91 Å². The number of rotatable bonds is 2. The van der Waals surface area contributed by atoms with Gasteiger partial charge in [0.2, 0.25) is 5.88 Å². The number of anilines is 1. The molecule has 0 atom stereocenters. The van der Waals surface area contributed by atoms with E-state index in [0.717, 1.165) is 18.8 Å². The second-order valence-electron chi connectivity index (χ2n) is 6.09. The van der Waals surface area contributed by atoms with Gasteiger partial charge in [0.1, 0.15) is 5.82 Å². The van der Waals surface area contributed by atoms with E-state index in [1.807, 2.05) is 0 Å². The van der Waals surface area contributed by atoms with E-state index in [1.165, 1.54) is 0 Å². The van der Waals surface area contributed by atoms with Crippen LogP contribution < -0.4 is 9.64 Å². The Balaban J connectivity index is 1.42. The van der Waals surface area contributed by atoms with E-state index in [4.69, 9.17) is 10.00 Å². The summed E-state index contributed by atoms with van der Waals surface area (Å²) in [5.74, 6) is 1.38. The molecule has 2 aromatic rings. The van der Waals surface area contributed by atoms with Crippen LogP contribution in [0.5, 0.6) is 5.88 Å². The van der Waals surface area contributed by atoms with Crippen LogP contribution in [0.25, 0.3) is 0 Å². The molecule has 2 aliphatic heterocycles. The number of ether oxygens (including phenoxy) is 1. The van der Waals surface area contributed by atoms with Gasteiger partial charge in [-0.3, -0.25) is 4.79 Å². The van der Waals surface area contributed by atoms with E-state index in [9.17, 15) is 4.79 Å². The number of hydrogen-bond acceptors (Lipinski definition) is 6. The molecule has 25 heavy (non-hydrogen) atoms. The maximum Gasteiger partial charge on any atom is 0.274 e. The maximum absolute atomic E-state index is 12.7. The fraction of sp³-hybridized carbons (Fsp3) is 0.412. The minimum Gasteiger partial charge on any atom is -0.478 e. The van der Waals surface area contributed by atoms with Crippen LogP contribution in [0.1, 0.15) is 22.5 Å². The number of fused-ring (bicyclic) bond motifs is 1. The van der Waals surface area contributed by atoms with Gasteiger partial charge in [-0.05, 0) is 12.1 Å². The number of nitrogens with zero attached hydrogens (tertiary/aromatic N) is 6. The molecule has 8 heteroatoms. The minimum atomic E-state index is -0.0658. The van der Waals surface area contributed by atoms with Gasteiger partial charge < -0.3 is 14.5 Å². The number of nitriles is 1. The van der Waals surface area contributed by atoms with E-state index in [0.29, 0.717) is 49.9 Å². The number of aromatic nitrogens is 3. The van der Waals surface area contributed by atoms with Crippen LogP contribution in [0.3, 0.4) is 0 Å². The standard InChI is InChI=1S/C17H18N6O2/c18-12-13-2-3-19-15(10-13)21-5-7-22(8-6-21)17(24)14-11-16-23(20-14)4-1-9-25-16/h2-3,10-11H,1,4-9H2. The van der Waals surface area contributed by atoms with Gasteiger partial charge in [-0.2, -0.15) is 10.4 Å². The van der Waals surface area contributed by atoms with Crippen molar-refractivity contribution in [3.63, 3.8) is 0 Å². The molecule has 0 N–H and O–H groups in total. The van der Waals surface area contributed by atoms with Crippen molar-refractivity contribution in [3.8, 4) is 11.9 Å². The first-order valence-electron chi connectivity index (χ1n) is 8.35. The summed E-state index contributed by atoms with van der Waals surface area (Å²) in [7, 11) is 0. The molecule has 0 aromatic carbocycles. The lowest BCUT2D eigenvalue weighted by Crippen LogP contribution is -2.49. The lowest BCUT2D eigenvalue weighted by Gasteiger charge is -2.35. The quantitative estimate of drug-likeness (QED) is 0.808. The van der Waals surface area contributed by atoms with Crippen molar-refractivity contribution in [3.05, 3.63) is 35.7 Å². The molecule has 1 fully saturated rings. The van der Waals surface area contributed by atoms with Crippen LogP contribution in [0.15, 0.2) is 24.4 Å². The van der Waals surface area contributed by atoms with Crippen LogP contribution >= 0.6 is 0 Å². The zero-order chi connectivity index (χ0) is 17.2. The van der Waals surface area contributed by atoms with Gasteiger partial charge in [0.15, 0.2) is 5.69 Å². The van der Waals surface area contributed by atoms with Gasteiger partial charge in [0.05, 0.1) is 18.2 Å². The number of piperazine rings is 1. The van der Waals surface area contributed by atoms with Crippen LogP contribution in [0.2, 0.25) is 0 Å². The molecule has 0 saturated carbocycles. The number of carbonyl (C=O) groups is 1. The van der Waals surface area contributed by atoms with Gasteiger partial charge in [-0.15, -0.1) is 0 Å². The van der Waals surface area contributed by atoms with Crippen LogP contribution in [0, 0.1) is 11.3 Å². The zero-order valence-electron chi connectivity index (χ0n) is 13.8. The van der Waals surface area contributed by atoms with Gasteiger partial charge >= 0.3 is 0 Å². The Morgan fingerprint density at radius 3 is 2.80 bits per heavy atom. The summed E-state index contributed by atoms with van der Waals surface area (Å²) >= 11 is 0. The first kappa shape index (κ1) is 15.4. The van der Waals surface area contributed by atoms with Crippen molar-refractivity contribution in [2.75, 3.05) is 37.7 Å². The lowest BCUT2D eigenvalue weighted by molar-refractivity contribution is 0.0739. The van der Waals surface area contributed by atoms with Crippen molar-refractivity contribution in [2.24, 2.45) is 0 Å². The summed E-state index contributed by atoms with van der Waals surface area (Å²) in [6.45, 7) is 4.01. The molecule has 0 unspecified atom stereocenters. The molecule has 0 bridgehead atoms. The van der Waals surface area contributed by atoms with Crippen molar-refractivity contribution >= 4 is 11.7 Å². The summed E-state index contributed by atoms with van der Waals surface area (Å²) in [4.78, 5) is 20.9. The Morgan fingerprint density at radius 1 is 1.20 bits per heavy atom. The summed E-state index contributed by atoms with van der Waals surface area (Å²) < 4.78 is 7.28. The van der Waals surface area contributed by atoms with E-state index < -0.39 is 0 Å². The third kappa shape index (κ3) is 3.01. The number of aryl methyl sites for hydroxylation is 1. The molecule has 8 nitrogen and oxygen atoms in total. The average molecular weight is 338 g/mol. The van der Waals surface area contributed by atoms with Gasteiger partial charge in [0, 0.05) is 51.4 Å². The first-order valence-corrected chi connectivity index (χ1v) is 8.35. The van der Waals surface area contributed by atoms with Crippen LogP contribution in [-0.2, 0) is 6.54 Å². The van der Waals surface area contributed by atoms with E-state index >= 15 is 0 Å². The number of amides is 1. The summed E-state index contributed by atoms with van der Waals surface area (Å²) in [6.07, 6.45) is 2.55. The molecule has 1 saturated heterocycles. The third-order valence-corrected chi connectivity index (χ3v) is 4.49. The maximum atomic E-state index is 12.7. The summed E-state index contributed by atoms with van der Waals surface area (Å²) in [6, 6.07) is 7.32. The van der Waals surface area contributed by atoms with Gasteiger partial charge in [-0.25, -0.2) is 9.67 Å². The zero-order valence-corrected chi connectivity index (χ0v) is 13.8. The summed E-state index contributed by atoms with van der Waals surface area (Å²) in [5, 5.41) is 13.4. The molecule has 0 radical (unpaired) electrons. The summed E-state index contributed by atoms with van der Waals surface area (Å²) in [5.41, 5.74) is 1.03. The molecular weight excluding hydrogens is 320 g/mol. The second-order valence-corrected chi connectivity index (χ2v) is 6.09. The monoisotopic (exact) mass is 338 g/mol. The Labute approximate surface area is 145 Å². The Hall–Kier alpha value is -3.08. The van der Waals surface area contributed by atoms with Gasteiger partial charge in [-0.1, -0.05) is 0 Å². The van der Waals surface area contributed by atoms with Crippen molar-refractivity contribution < 1.29 is 9.53 Å². The van der Waals surface area contributed by atoms with Crippen LogP contribution in [0.4, 0.5) is 5.82 Å². The number of carbonyl (C=O) groups excluding carboxylic acids is 1. The highest BCUT2D eigenvalue weighted by Gasteiger charge is 2.26. The topological polar surface area (TPSA) is 87.3 Å². The van der Waals surface area contributed by atoms with Crippen molar-refractivity contribution in [1.82, 2.24) is 19.7 Å². The molecule has 2 aliphatic rings. The van der Waals surface area contributed by atoms with Gasteiger partial charge in [0.25, 0.3) is 5.91 Å². The molecular formula is C17H18N6O2. The predicted molar refractivity (Wildman–Crippen MR) is 89.4 cm³/mol. The highest BCUT2D eigenvalue weighted by Crippen LogP contribution is 2.20. The second kappa shape index (κ2) is 6.43. The van der Waals surface area contributed by atoms with E-state index in [1.54, 1.807) is 34.0 Å². The van der Waals surface area contributed by atoms with E-state index in [2.05, 4.69) is 21.1 Å². The normalized spacial score (nSPS) is 16.8. The Kier molecular flexibility index (Phi) is 3.98. The van der Waals surface area contributed by atoms with Crippen molar-refractivity contribution in [2.45, 2.75) is 13.0 Å². The SMILES string of the molecule is N#Cc1ccnc(N2CCN(C(=O)c3cc4n(n3)CCCO4)CC2)c1. The molecule has 0 spiro atoms. The number of hydrogen-bond donors (Lipinski definition) is 0. The fourth-order valence-corrected chi connectivity index (χ4v) is 3.13. The molecule has 2 aromatic heterocycles. The average Bonchev–Trinajstić information content (AvgIpc) is 3.12. The third-order valence-electron chi connectivity index (χ3n) is 4.49. The van der Waals surface area contributed by atoms with Crippen LogP contribution in [-0.4, -0.2) is 58.4 Å². The first-order chi connectivity index (χ1) is 12.2. The molecule has 1 amide bonds. The molecule has 4 heterocycles. The Morgan fingerprint density at radius 2 is 2.04 bits per heavy atom. The lowest BCUT2D eigenvalue weighted by atomic mass is 10.2. The molecule has 128 valence electrons. The fourth-order valence-electron chi connectivity index (χ4n) is 3.13.